The SMILES string of the molecule is O=C(NCC1CCCS1)Nc1cc(C(=O)O)ccc1F. The molecular formula is C13H15FN2O3S. The van der Waals surface area contributed by atoms with Crippen molar-refractivity contribution >= 4 is 29.4 Å². The molecule has 3 N–H and O–H groups in total. The van der Waals surface area contributed by atoms with Gasteiger partial charge in [-0.15, -0.1) is 0 Å². The number of carboxylic acid groups (broad SMARTS) is 1. The van der Waals surface area contributed by atoms with Crippen LogP contribution in [0.2, 0.25) is 0 Å². The molecule has 0 spiro atoms. The average molecular weight is 298 g/mol. The Balaban J connectivity index is 1.92. The zero-order valence-electron chi connectivity index (χ0n) is 10.7. The molecule has 1 aliphatic rings. The molecule has 7 heteroatoms. The fourth-order valence-electron chi connectivity index (χ4n) is 1.93. The molecule has 5 nitrogen and oxygen atoms in total. The van der Waals surface area contributed by atoms with Crippen molar-refractivity contribution in [3.63, 3.8) is 0 Å². The molecule has 0 aliphatic carbocycles. The lowest BCUT2D eigenvalue weighted by Gasteiger charge is -2.12. The first-order chi connectivity index (χ1) is 9.56. The molecule has 1 saturated heterocycles. The third-order valence-electron chi connectivity index (χ3n) is 2.98. The number of halogens is 1. The van der Waals surface area contributed by atoms with E-state index in [0.717, 1.165) is 36.8 Å². The number of urea groups is 1. The summed E-state index contributed by atoms with van der Waals surface area (Å²) in [5, 5.41) is 14.2. The summed E-state index contributed by atoms with van der Waals surface area (Å²) < 4.78 is 13.5. The Bertz CT molecular complexity index is 518. The van der Waals surface area contributed by atoms with Crippen LogP contribution >= 0.6 is 11.8 Å². The number of carbonyl (C=O) groups excluding carboxylic acids is 1. The lowest BCUT2D eigenvalue weighted by molar-refractivity contribution is 0.0697. The van der Waals surface area contributed by atoms with Crippen LogP contribution < -0.4 is 10.6 Å². The lowest BCUT2D eigenvalue weighted by Crippen LogP contribution is -2.33. The molecule has 1 aromatic carbocycles. The predicted molar refractivity (Wildman–Crippen MR) is 75.9 cm³/mol. The minimum atomic E-state index is -1.17. The molecule has 2 amide bonds. The number of benzene rings is 1. The van der Waals surface area contributed by atoms with E-state index in [9.17, 15) is 14.0 Å². The molecule has 0 bridgehead atoms. The second kappa shape index (κ2) is 6.60. The van der Waals surface area contributed by atoms with E-state index in [1.807, 2.05) is 0 Å². The van der Waals surface area contributed by atoms with E-state index in [4.69, 9.17) is 5.11 Å². The zero-order valence-corrected chi connectivity index (χ0v) is 11.5. The summed E-state index contributed by atoms with van der Waals surface area (Å²) in [6.07, 6.45) is 2.21. The molecule has 1 unspecified atom stereocenters. The van der Waals surface area contributed by atoms with Gasteiger partial charge in [-0.25, -0.2) is 14.0 Å². The average Bonchev–Trinajstić information content (AvgIpc) is 2.92. The van der Waals surface area contributed by atoms with Gasteiger partial charge in [-0.3, -0.25) is 0 Å². The number of nitrogens with one attached hydrogen (secondary N) is 2. The first kappa shape index (κ1) is 14.6. The lowest BCUT2D eigenvalue weighted by atomic mass is 10.2. The Kier molecular flexibility index (Phi) is 4.84. The third-order valence-corrected chi connectivity index (χ3v) is 4.37. The number of carboxylic acids is 1. The fourth-order valence-corrected chi connectivity index (χ4v) is 3.13. The van der Waals surface area contributed by atoms with E-state index >= 15 is 0 Å². The Labute approximate surface area is 119 Å². The van der Waals surface area contributed by atoms with Gasteiger partial charge in [0.05, 0.1) is 11.3 Å². The highest BCUT2D eigenvalue weighted by atomic mass is 32.2. The number of carbonyl (C=O) groups is 2. The van der Waals surface area contributed by atoms with E-state index < -0.39 is 17.8 Å². The van der Waals surface area contributed by atoms with Crippen molar-refractivity contribution in [3.8, 4) is 0 Å². The zero-order chi connectivity index (χ0) is 14.5. The maximum atomic E-state index is 13.5. The Hall–Kier alpha value is -1.76. The number of aromatic carboxylic acids is 1. The first-order valence-electron chi connectivity index (χ1n) is 6.25. The summed E-state index contributed by atoms with van der Waals surface area (Å²) in [6.45, 7) is 0.525. The van der Waals surface area contributed by atoms with E-state index in [0.29, 0.717) is 11.8 Å². The number of thioether (sulfide) groups is 1. The third kappa shape index (κ3) is 3.86. The van der Waals surface area contributed by atoms with Crippen LogP contribution in [0.4, 0.5) is 14.9 Å². The number of hydrogen-bond donors (Lipinski definition) is 3. The Morgan fingerprint density at radius 2 is 2.25 bits per heavy atom. The van der Waals surface area contributed by atoms with Crippen molar-refractivity contribution in [2.45, 2.75) is 18.1 Å². The number of anilines is 1. The molecule has 1 heterocycles. The van der Waals surface area contributed by atoms with Gasteiger partial charge < -0.3 is 15.7 Å². The number of amides is 2. The van der Waals surface area contributed by atoms with Crippen molar-refractivity contribution in [2.24, 2.45) is 0 Å². The highest BCUT2D eigenvalue weighted by Gasteiger charge is 2.17. The van der Waals surface area contributed by atoms with Gasteiger partial charge in [-0.05, 0) is 36.8 Å². The molecular weight excluding hydrogens is 283 g/mol. The Morgan fingerprint density at radius 1 is 1.45 bits per heavy atom. The van der Waals surface area contributed by atoms with E-state index in [-0.39, 0.29) is 11.3 Å². The van der Waals surface area contributed by atoms with Crippen LogP contribution in [-0.2, 0) is 0 Å². The molecule has 0 aromatic heterocycles. The van der Waals surface area contributed by atoms with Crippen LogP contribution in [0.5, 0.6) is 0 Å². The van der Waals surface area contributed by atoms with Gasteiger partial charge in [0.1, 0.15) is 5.82 Å². The molecule has 1 aliphatic heterocycles. The van der Waals surface area contributed by atoms with Gasteiger partial charge >= 0.3 is 12.0 Å². The summed E-state index contributed by atoms with van der Waals surface area (Å²) in [6, 6.07) is 2.74. The quantitative estimate of drug-likeness (QED) is 0.798. The number of rotatable bonds is 4. The predicted octanol–water partition coefficient (Wildman–Crippen LogP) is 2.54. The number of hydrogen-bond acceptors (Lipinski definition) is 3. The van der Waals surface area contributed by atoms with Crippen molar-refractivity contribution in [2.75, 3.05) is 17.6 Å². The van der Waals surface area contributed by atoms with Crippen molar-refractivity contribution in [3.05, 3.63) is 29.6 Å². The molecule has 2 rings (SSSR count). The maximum absolute atomic E-state index is 13.5. The van der Waals surface area contributed by atoms with Crippen molar-refractivity contribution in [1.82, 2.24) is 5.32 Å². The largest absolute Gasteiger partial charge is 0.478 e. The van der Waals surface area contributed by atoms with Crippen LogP contribution in [0.1, 0.15) is 23.2 Å². The van der Waals surface area contributed by atoms with E-state index in [2.05, 4.69) is 10.6 Å². The highest BCUT2D eigenvalue weighted by Crippen LogP contribution is 2.25. The van der Waals surface area contributed by atoms with Gasteiger partial charge in [0.15, 0.2) is 0 Å². The van der Waals surface area contributed by atoms with Gasteiger partial charge in [-0.2, -0.15) is 11.8 Å². The van der Waals surface area contributed by atoms with Crippen LogP contribution in [0.3, 0.4) is 0 Å². The van der Waals surface area contributed by atoms with Crippen LogP contribution in [0.25, 0.3) is 0 Å². The van der Waals surface area contributed by atoms with Crippen LogP contribution in [0.15, 0.2) is 18.2 Å². The summed E-state index contributed by atoms with van der Waals surface area (Å²) in [7, 11) is 0. The monoisotopic (exact) mass is 298 g/mol. The summed E-state index contributed by atoms with van der Waals surface area (Å²) in [5.74, 6) is -0.736. The molecule has 1 aromatic rings. The van der Waals surface area contributed by atoms with Crippen LogP contribution in [-0.4, -0.2) is 34.7 Å². The Morgan fingerprint density at radius 3 is 2.90 bits per heavy atom. The second-order valence-corrected chi connectivity index (χ2v) is 5.88. The van der Waals surface area contributed by atoms with Gasteiger partial charge in [-0.1, -0.05) is 0 Å². The van der Waals surface area contributed by atoms with Crippen molar-refractivity contribution in [1.29, 1.82) is 0 Å². The van der Waals surface area contributed by atoms with Crippen LogP contribution in [0, 0.1) is 5.82 Å². The molecule has 20 heavy (non-hydrogen) atoms. The van der Waals surface area contributed by atoms with Gasteiger partial charge in [0.25, 0.3) is 0 Å². The van der Waals surface area contributed by atoms with Crippen molar-refractivity contribution < 1.29 is 19.1 Å². The normalized spacial score (nSPS) is 17.8. The molecule has 0 radical (unpaired) electrons. The van der Waals surface area contributed by atoms with E-state index in [1.165, 1.54) is 0 Å². The highest BCUT2D eigenvalue weighted by molar-refractivity contribution is 8.00. The topological polar surface area (TPSA) is 78.4 Å². The molecule has 1 atom stereocenters. The van der Waals surface area contributed by atoms with Gasteiger partial charge in [0.2, 0.25) is 0 Å². The first-order valence-corrected chi connectivity index (χ1v) is 7.30. The minimum Gasteiger partial charge on any atom is -0.478 e. The summed E-state index contributed by atoms with van der Waals surface area (Å²) in [4.78, 5) is 22.5. The molecule has 0 saturated carbocycles. The summed E-state index contributed by atoms with van der Waals surface area (Å²) in [5.41, 5.74) is -0.213. The van der Waals surface area contributed by atoms with Gasteiger partial charge in [0, 0.05) is 11.8 Å². The maximum Gasteiger partial charge on any atom is 0.335 e. The second-order valence-electron chi connectivity index (χ2n) is 4.47. The van der Waals surface area contributed by atoms with E-state index in [1.54, 1.807) is 11.8 Å². The standard InChI is InChI=1S/C13H15FN2O3S/c14-10-4-3-8(12(17)18)6-11(10)16-13(19)15-7-9-2-1-5-20-9/h3-4,6,9H,1-2,5,7H2,(H,17,18)(H2,15,16,19). The fraction of sp³-hybridized carbons (Fsp3) is 0.385. The smallest absolute Gasteiger partial charge is 0.335 e. The summed E-state index contributed by atoms with van der Waals surface area (Å²) >= 11 is 1.81. The molecule has 108 valence electrons. The minimum absolute atomic E-state index is 0.0759. The molecule has 1 fully saturated rings.